The van der Waals surface area contributed by atoms with Crippen LogP contribution in [0.25, 0.3) is 0 Å². The Bertz CT molecular complexity index is 208. The van der Waals surface area contributed by atoms with Gasteiger partial charge in [0.1, 0.15) is 5.60 Å². The molecule has 0 aromatic carbocycles. The first-order valence-electron chi connectivity index (χ1n) is 5.42. The highest BCUT2D eigenvalue weighted by molar-refractivity contribution is 5.83. The first-order valence-corrected chi connectivity index (χ1v) is 5.42. The van der Waals surface area contributed by atoms with Gasteiger partial charge in [-0.3, -0.25) is 4.79 Å². The number of amides is 1. The fraction of sp³-hybridized carbons (Fsp3) is 0.909. The van der Waals surface area contributed by atoms with Crippen molar-refractivity contribution in [3.8, 4) is 0 Å². The monoisotopic (exact) mass is 199 g/mol. The van der Waals surface area contributed by atoms with Gasteiger partial charge in [-0.2, -0.15) is 0 Å². The van der Waals surface area contributed by atoms with Crippen LogP contribution in [0.2, 0.25) is 0 Å². The van der Waals surface area contributed by atoms with Crippen molar-refractivity contribution in [1.29, 1.82) is 0 Å². The predicted octanol–water partition coefficient (Wildman–Crippen LogP) is 1.31. The summed E-state index contributed by atoms with van der Waals surface area (Å²) in [6.07, 6.45) is 3.74. The van der Waals surface area contributed by atoms with Crippen molar-refractivity contribution in [3.05, 3.63) is 0 Å². The highest BCUT2D eigenvalue weighted by atomic mass is 16.3. The van der Waals surface area contributed by atoms with E-state index in [4.69, 9.17) is 0 Å². The summed E-state index contributed by atoms with van der Waals surface area (Å²) in [4.78, 5) is 11.4. The van der Waals surface area contributed by atoms with Crippen molar-refractivity contribution in [2.24, 2.45) is 11.8 Å². The van der Waals surface area contributed by atoms with Crippen molar-refractivity contribution in [2.45, 2.75) is 45.6 Å². The van der Waals surface area contributed by atoms with Gasteiger partial charge in [0.05, 0.1) is 0 Å². The molecular formula is C11H21NO2. The molecule has 3 nitrogen and oxygen atoms in total. The lowest BCUT2D eigenvalue weighted by Gasteiger charge is -2.20. The average Bonchev–Trinajstić information content (AvgIpc) is 2.45. The quantitative estimate of drug-likeness (QED) is 0.720. The van der Waals surface area contributed by atoms with Crippen LogP contribution in [0.5, 0.6) is 0 Å². The van der Waals surface area contributed by atoms with Gasteiger partial charge in [-0.25, -0.2) is 0 Å². The Balaban J connectivity index is 2.30. The molecule has 1 fully saturated rings. The number of aliphatic hydroxyl groups is 1. The molecule has 1 amide bonds. The van der Waals surface area contributed by atoms with Gasteiger partial charge in [-0.15, -0.1) is 0 Å². The molecule has 0 spiro atoms. The van der Waals surface area contributed by atoms with Gasteiger partial charge in [-0.1, -0.05) is 19.8 Å². The molecule has 0 saturated heterocycles. The lowest BCUT2D eigenvalue weighted by atomic mass is 9.98. The molecule has 0 aromatic rings. The van der Waals surface area contributed by atoms with Gasteiger partial charge in [0, 0.05) is 6.54 Å². The zero-order valence-corrected chi connectivity index (χ0v) is 9.34. The third kappa shape index (κ3) is 2.98. The van der Waals surface area contributed by atoms with Crippen LogP contribution in [-0.2, 0) is 4.79 Å². The predicted molar refractivity (Wildman–Crippen MR) is 55.8 cm³/mol. The van der Waals surface area contributed by atoms with Gasteiger partial charge in [0.15, 0.2) is 0 Å². The van der Waals surface area contributed by atoms with Crippen molar-refractivity contribution in [2.75, 3.05) is 6.54 Å². The van der Waals surface area contributed by atoms with Crippen LogP contribution in [0.15, 0.2) is 0 Å². The molecule has 82 valence electrons. The Morgan fingerprint density at radius 1 is 1.50 bits per heavy atom. The van der Waals surface area contributed by atoms with Gasteiger partial charge in [0.2, 0.25) is 0 Å². The third-order valence-electron chi connectivity index (χ3n) is 3.12. The van der Waals surface area contributed by atoms with Crippen LogP contribution in [0, 0.1) is 11.8 Å². The smallest absolute Gasteiger partial charge is 0.251 e. The van der Waals surface area contributed by atoms with E-state index in [1.165, 1.54) is 33.1 Å². The summed E-state index contributed by atoms with van der Waals surface area (Å²) in [5.41, 5.74) is -1.25. The molecule has 1 saturated carbocycles. The lowest BCUT2D eigenvalue weighted by Crippen LogP contribution is -2.44. The van der Waals surface area contributed by atoms with Crippen LogP contribution >= 0.6 is 0 Å². The van der Waals surface area contributed by atoms with E-state index >= 15 is 0 Å². The van der Waals surface area contributed by atoms with E-state index in [1.807, 2.05) is 0 Å². The minimum absolute atomic E-state index is 0.267. The van der Waals surface area contributed by atoms with E-state index in [1.54, 1.807) is 0 Å². The largest absolute Gasteiger partial charge is 0.381 e. The van der Waals surface area contributed by atoms with Crippen LogP contribution in [0.1, 0.15) is 40.0 Å². The Kier molecular flexibility index (Phi) is 3.53. The normalized spacial score (nSPS) is 27.7. The first-order chi connectivity index (χ1) is 6.41. The molecule has 0 bridgehead atoms. The molecule has 2 unspecified atom stereocenters. The zero-order chi connectivity index (χ0) is 10.8. The molecule has 0 radical (unpaired) electrons. The number of hydrogen-bond acceptors (Lipinski definition) is 2. The molecule has 3 heteroatoms. The highest BCUT2D eigenvalue weighted by Gasteiger charge is 2.27. The second-order valence-corrected chi connectivity index (χ2v) is 4.94. The van der Waals surface area contributed by atoms with Gasteiger partial charge >= 0.3 is 0 Å². The molecule has 2 N–H and O–H groups in total. The maximum atomic E-state index is 11.4. The number of carbonyl (C=O) groups is 1. The van der Waals surface area contributed by atoms with Crippen molar-refractivity contribution < 1.29 is 9.90 Å². The van der Waals surface area contributed by atoms with Crippen LogP contribution < -0.4 is 5.32 Å². The fourth-order valence-corrected chi connectivity index (χ4v) is 1.97. The fourth-order valence-electron chi connectivity index (χ4n) is 1.97. The average molecular weight is 199 g/mol. The summed E-state index contributed by atoms with van der Waals surface area (Å²) in [6, 6.07) is 0. The number of carbonyl (C=O) groups excluding carboxylic acids is 1. The van der Waals surface area contributed by atoms with Crippen molar-refractivity contribution in [1.82, 2.24) is 5.32 Å². The molecule has 0 aliphatic heterocycles. The molecule has 14 heavy (non-hydrogen) atoms. The van der Waals surface area contributed by atoms with E-state index in [0.29, 0.717) is 18.4 Å². The van der Waals surface area contributed by atoms with Crippen molar-refractivity contribution >= 4 is 5.91 Å². The maximum Gasteiger partial charge on any atom is 0.251 e. The van der Waals surface area contributed by atoms with E-state index < -0.39 is 5.60 Å². The summed E-state index contributed by atoms with van der Waals surface area (Å²) < 4.78 is 0. The SMILES string of the molecule is CC1CCCC1CNC(=O)C(C)(C)O. The van der Waals surface area contributed by atoms with Gasteiger partial charge in [-0.05, 0) is 32.1 Å². The summed E-state index contributed by atoms with van der Waals surface area (Å²) in [7, 11) is 0. The summed E-state index contributed by atoms with van der Waals surface area (Å²) in [6.45, 7) is 5.97. The molecule has 0 aromatic heterocycles. The molecule has 2 atom stereocenters. The van der Waals surface area contributed by atoms with Crippen molar-refractivity contribution in [3.63, 3.8) is 0 Å². The lowest BCUT2D eigenvalue weighted by molar-refractivity contribution is -0.136. The number of nitrogens with one attached hydrogen (secondary N) is 1. The van der Waals surface area contributed by atoms with E-state index in [9.17, 15) is 9.90 Å². The van der Waals surface area contributed by atoms with E-state index in [-0.39, 0.29) is 5.91 Å². The summed E-state index contributed by atoms with van der Waals surface area (Å²) in [5.74, 6) is 1.04. The summed E-state index contributed by atoms with van der Waals surface area (Å²) >= 11 is 0. The first kappa shape index (κ1) is 11.5. The van der Waals surface area contributed by atoms with Gasteiger partial charge < -0.3 is 10.4 Å². The van der Waals surface area contributed by atoms with Crippen LogP contribution in [0.4, 0.5) is 0 Å². The summed E-state index contributed by atoms with van der Waals surface area (Å²) in [5, 5.41) is 12.2. The van der Waals surface area contributed by atoms with Crippen LogP contribution in [0.3, 0.4) is 0 Å². The third-order valence-corrected chi connectivity index (χ3v) is 3.12. The minimum Gasteiger partial charge on any atom is -0.381 e. The topological polar surface area (TPSA) is 49.3 Å². The Labute approximate surface area is 85.9 Å². The zero-order valence-electron chi connectivity index (χ0n) is 9.34. The Hall–Kier alpha value is -0.570. The number of hydrogen-bond donors (Lipinski definition) is 2. The standard InChI is InChI=1S/C11H21NO2/c1-8-5-4-6-9(8)7-12-10(13)11(2,3)14/h8-9,14H,4-7H2,1-3H3,(H,12,13). The molecule has 1 aliphatic rings. The highest BCUT2D eigenvalue weighted by Crippen LogP contribution is 2.30. The molecule has 0 heterocycles. The Morgan fingerprint density at radius 2 is 2.14 bits per heavy atom. The maximum absolute atomic E-state index is 11.4. The second-order valence-electron chi connectivity index (χ2n) is 4.94. The minimum atomic E-state index is -1.25. The molecule has 1 rings (SSSR count). The second kappa shape index (κ2) is 4.30. The molecule has 1 aliphatic carbocycles. The van der Waals surface area contributed by atoms with Crippen LogP contribution in [-0.4, -0.2) is 23.2 Å². The Morgan fingerprint density at radius 3 is 2.57 bits per heavy atom. The van der Waals surface area contributed by atoms with E-state index in [2.05, 4.69) is 12.2 Å². The van der Waals surface area contributed by atoms with Gasteiger partial charge in [0.25, 0.3) is 5.91 Å². The molecular weight excluding hydrogens is 178 g/mol. The van der Waals surface area contributed by atoms with E-state index in [0.717, 1.165) is 0 Å². The number of rotatable bonds is 3.